The van der Waals surface area contributed by atoms with E-state index in [4.69, 9.17) is 18.9 Å². The van der Waals surface area contributed by atoms with Gasteiger partial charge in [-0.15, -0.1) is 0 Å². The van der Waals surface area contributed by atoms with Crippen molar-refractivity contribution < 1.29 is 70.0 Å². The van der Waals surface area contributed by atoms with Crippen LogP contribution >= 0.6 is 0 Å². The fourth-order valence-electron chi connectivity index (χ4n) is 12.6. The fourth-order valence-corrected chi connectivity index (χ4v) is 12.6. The molecular formula is C42H72O14. The Balaban J connectivity index is 1.16. The lowest BCUT2D eigenvalue weighted by atomic mass is 9.38. The van der Waals surface area contributed by atoms with Crippen LogP contribution in [0.5, 0.6) is 0 Å². The van der Waals surface area contributed by atoms with Crippen LogP contribution in [0.15, 0.2) is 11.6 Å². The highest BCUT2D eigenvalue weighted by Gasteiger charge is 2.70. The number of fused-ring (bicyclic) bond motifs is 5. The second-order valence-electron chi connectivity index (χ2n) is 20.3. The third-order valence-electron chi connectivity index (χ3n) is 16.6. The van der Waals surface area contributed by atoms with Gasteiger partial charge >= 0.3 is 0 Å². The van der Waals surface area contributed by atoms with Crippen molar-refractivity contribution in [2.75, 3.05) is 13.2 Å². The van der Waals surface area contributed by atoms with Crippen LogP contribution in [-0.2, 0) is 18.9 Å². The molecule has 3 saturated carbocycles. The Morgan fingerprint density at radius 3 is 2.04 bits per heavy atom. The van der Waals surface area contributed by atoms with Crippen molar-refractivity contribution in [3.63, 3.8) is 0 Å². The zero-order valence-corrected chi connectivity index (χ0v) is 34.6. The highest BCUT2D eigenvalue weighted by Crippen LogP contribution is 2.75. The van der Waals surface area contributed by atoms with Crippen molar-refractivity contribution in [2.45, 2.75) is 192 Å². The van der Waals surface area contributed by atoms with Crippen molar-refractivity contribution in [1.82, 2.24) is 0 Å². The minimum Gasteiger partial charge on any atom is -0.394 e. The highest BCUT2D eigenvalue weighted by molar-refractivity contribution is 5.32. The molecule has 14 heteroatoms. The van der Waals surface area contributed by atoms with Crippen LogP contribution in [0.25, 0.3) is 0 Å². The Bertz CT molecular complexity index is 1400. The van der Waals surface area contributed by atoms with E-state index in [-0.39, 0.29) is 28.1 Å². The van der Waals surface area contributed by atoms with Gasteiger partial charge in [0.1, 0.15) is 48.8 Å². The number of hydrogen-bond acceptors (Lipinski definition) is 14. The molecule has 6 rings (SSSR count). The van der Waals surface area contributed by atoms with E-state index in [0.29, 0.717) is 31.1 Å². The third-order valence-corrected chi connectivity index (χ3v) is 16.6. The molecule has 0 radical (unpaired) electrons. The summed E-state index contributed by atoms with van der Waals surface area (Å²) in [6.07, 6.45) is -8.06. The van der Waals surface area contributed by atoms with E-state index in [2.05, 4.69) is 47.6 Å². The van der Waals surface area contributed by atoms with Crippen molar-refractivity contribution in [3.8, 4) is 0 Å². The summed E-state index contributed by atoms with van der Waals surface area (Å²) in [6, 6.07) is 0. The summed E-state index contributed by atoms with van der Waals surface area (Å²) in [5.41, 5.74) is -0.985. The zero-order valence-electron chi connectivity index (χ0n) is 34.6. The summed E-state index contributed by atoms with van der Waals surface area (Å²) in [5.74, 6) is 1.05. The number of rotatable bonds is 11. The molecule has 2 heterocycles. The lowest BCUT2D eigenvalue weighted by Gasteiger charge is -2.67. The largest absolute Gasteiger partial charge is 0.394 e. The van der Waals surface area contributed by atoms with Crippen molar-refractivity contribution in [2.24, 2.45) is 45.3 Å². The van der Waals surface area contributed by atoms with Gasteiger partial charge in [0.05, 0.1) is 37.1 Å². The Morgan fingerprint density at radius 2 is 1.41 bits per heavy atom. The van der Waals surface area contributed by atoms with Crippen LogP contribution in [0.1, 0.15) is 107 Å². The van der Waals surface area contributed by atoms with Gasteiger partial charge in [0.15, 0.2) is 12.6 Å². The second-order valence-corrected chi connectivity index (χ2v) is 20.3. The maximum atomic E-state index is 12.4. The molecule has 4 aliphatic carbocycles. The van der Waals surface area contributed by atoms with Crippen LogP contribution < -0.4 is 0 Å². The minimum atomic E-state index is -1.67. The second kappa shape index (κ2) is 15.9. The maximum Gasteiger partial charge on any atom is 0.187 e. The van der Waals surface area contributed by atoms with Gasteiger partial charge in [0, 0.05) is 10.8 Å². The number of allylic oxidation sites excluding steroid dienone is 1. The molecule has 56 heavy (non-hydrogen) atoms. The van der Waals surface area contributed by atoms with Gasteiger partial charge in [-0.05, 0) is 99.7 Å². The molecule has 2 aliphatic heterocycles. The van der Waals surface area contributed by atoms with Crippen LogP contribution in [0.3, 0.4) is 0 Å². The average molecular weight is 801 g/mol. The molecule has 0 aromatic heterocycles. The number of hydrogen-bond donors (Lipinski definition) is 10. The summed E-state index contributed by atoms with van der Waals surface area (Å²) >= 11 is 0. The third kappa shape index (κ3) is 7.26. The normalized spacial score (nSPS) is 50.3. The Kier molecular flexibility index (Phi) is 12.7. The molecule has 0 aromatic rings. The molecule has 324 valence electrons. The van der Waals surface area contributed by atoms with Gasteiger partial charge in [0.2, 0.25) is 0 Å². The predicted octanol–water partition coefficient (Wildman–Crippen LogP) is 1.12. The van der Waals surface area contributed by atoms with Gasteiger partial charge in [-0.25, -0.2) is 0 Å². The number of ether oxygens (including phenoxy) is 4. The summed E-state index contributed by atoms with van der Waals surface area (Å²) in [4.78, 5) is 0. The first-order valence-electron chi connectivity index (χ1n) is 21.0. The van der Waals surface area contributed by atoms with E-state index in [9.17, 15) is 51.1 Å². The van der Waals surface area contributed by atoms with Crippen molar-refractivity contribution in [3.05, 3.63) is 11.6 Å². The van der Waals surface area contributed by atoms with E-state index in [1.807, 2.05) is 0 Å². The van der Waals surface area contributed by atoms with E-state index >= 15 is 0 Å². The van der Waals surface area contributed by atoms with E-state index in [0.717, 1.165) is 32.1 Å². The molecule has 2 saturated heterocycles. The number of aliphatic hydroxyl groups is 10. The van der Waals surface area contributed by atoms with Crippen LogP contribution in [0.2, 0.25) is 0 Å². The lowest BCUT2D eigenvalue weighted by Crippen LogP contribution is -2.65. The monoisotopic (exact) mass is 800 g/mol. The predicted molar refractivity (Wildman–Crippen MR) is 202 cm³/mol. The van der Waals surface area contributed by atoms with E-state index in [1.54, 1.807) is 13.8 Å². The first-order valence-corrected chi connectivity index (χ1v) is 21.0. The smallest absolute Gasteiger partial charge is 0.187 e. The molecule has 6 aliphatic rings. The zero-order chi connectivity index (χ0) is 41.5. The van der Waals surface area contributed by atoms with E-state index in [1.165, 1.54) is 5.57 Å². The van der Waals surface area contributed by atoms with Crippen molar-refractivity contribution >= 4 is 0 Å². The highest BCUT2D eigenvalue weighted by atomic mass is 16.7. The van der Waals surface area contributed by atoms with Crippen LogP contribution in [-0.4, -0.2) is 150 Å². The summed E-state index contributed by atoms with van der Waals surface area (Å²) in [5, 5.41) is 106. The lowest BCUT2D eigenvalue weighted by molar-refractivity contribution is -0.340. The summed E-state index contributed by atoms with van der Waals surface area (Å²) in [6.45, 7) is 15.8. The molecule has 0 amide bonds. The molecule has 0 spiro atoms. The molecular weight excluding hydrogens is 728 g/mol. The molecule has 20 atom stereocenters. The molecule has 14 nitrogen and oxygen atoms in total. The molecule has 0 bridgehead atoms. The van der Waals surface area contributed by atoms with Gasteiger partial charge < -0.3 is 70.0 Å². The molecule has 0 unspecified atom stereocenters. The number of aliphatic hydroxyl groups excluding tert-OH is 9. The summed E-state index contributed by atoms with van der Waals surface area (Å²) < 4.78 is 23.6. The average Bonchev–Trinajstić information content (AvgIpc) is 3.40. The van der Waals surface area contributed by atoms with Gasteiger partial charge in [0.25, 0.3) is 0 Å². The molecule has 0 aromatic carbocycles. The first-order chi connectivity index (χ1) is 25.9. The quantitative estimate of drug-likeness (QED) is 0.132. The Morgan fingerprint density at radius 1 is 0.804 bits per heavy atom. The van der Waals surface area contributed by atoms with Crippen molar-refractivity contribution in [1.29, 1.82) is 0 Å². The maximum absolute atomic E-state index is 12.4. The summed E-state index contributed by atoms with van der Waals surface area (Å²) in [7, 11) is 0. The minimum absolute atomic E-state index is 0.0159. The fraction of sp³-hybridized carbons (Fsp3) is 0.952. The standard InChI is InChI=1S/C42H72O14/c1-20(9-13-27(44)39(4,5)52)21-15-16-40(6)26-12-10-22-23(42(26,8)28(45)17-41(21,40)7)11-14-29(38(22,2)3)56-37-35(51)33(49)31(47)25(55-37)19-53-36-34(50)32(48)30(46)24(18-43)54-36/h10,20-21,23-37,43-52H,9,11-19H2,1-8H3/t20-,21-,23+,24-,25-,26+,27-,28+,29-,30-,31-,32+,33+,34-,35-,36-,37+,40+,41-,42-/m1/s1. The molecule has 10 N–H and O–H groups in total. The molecule has 5 fully saturated rings. The Labute approximate surface area is 331 Å². The van der Waals surface area contributed by atoms with Gasteiger partial charge in [-0.1, -0.05) is 53.2 Å². The Hall–Kier alpha value is -0.820. The SMILES string of the molecule is C[C@H](CC[C@@H](O)C(C)(C)O)[C@H]1CC[C@@]2(C)[C@@H]3CC=C4[C@H](CC[C@@H](O[C@@H]5O[C@H](CO[C@@H]6O[C@H](CO)[C@@H](O)[C@H](O)[C@H]6O)[C@@H](O)[C@H](O)[C@H]5O)C4(C)C)[C@@]3(C)[C@@H](O)C[C@]12C. The topological polar surface area (TPSA) is 239 Å². The van der Waals surface area contributed by atoms with Crippen LogP contribution in [0, 0.1) is 45.3 Å². The van der Waals surface area contributed by atoms with Gasteiger partial charge in [-0.2, -0.15) is 0 Å². The van der Waals surface area contributed by atoms with Crippen LogP contribution in [0.4, 0.5) is 0 Å². The van der Waals surface area contributed by atoms with Gasteiger partial charge in [-0.3, -0.25) is 0 Å². The first kappa shape index (κ1) is 44.7. The van der Waals surface area contributed by atoms with E-state index < -0.39 is 104 Å².